The topological polar surface area (TPSA) is 23.5 Å². The summed E-state index contributed by atoms with van der Waals surface area (Å²) in [6.07, 6.45) is 4.71. The molecule has 1 atom stereocenters. The molecule has 1 N–H and O–H groups in total. The monoisotopic (exact) mass is 289 g/mol. The van der Waals surface area contributed by atoms with E-state index >= 15 is 0 Å². The van der Waals surface area contributed by atoms with Gasteiger partial charge in [0.15, 0.2) is 0 Å². The first-order chi connectivity index (χ1) is 9.77. The fraction of sp³-hybridized carbons (Fsp3) is 0.684. The Hall–Kier alpha value is -0.860. The van der Waals surface area contributed by atoms with E-state index in [1.807, 2.05) is 0 Å². The molecule has 0 aliphatic heterocycles. The molecule has 1 unspecified atom stereocenters. The number of nitrogens with zero attached hydrogens (tertiary/aromatic N) is 1. The van der Waals surface area contributed by atoms with Gasteiger partial charge in [0.05, 0.1) is 6.10 Å². The quantitative estimate of drug-likeness (QED) is 0.896. The third-order valence-corrected chi connectivity index (χ3v) is 5.02. The van der Waals surface area contributed by atoms with E-state index in [-0.39, 0.29) is 6.10 Å². The van der Waals surface area contributed by atoms with Gasteiger partial charge in [-0.1, -0.05) is 43.2 Å². The SMILES string of the molecule is Cc1cc(C)cc(C(O)CN(C)C2CCC(C)(C)CC2)c1. The van der Waals surface area contributed by atoms with E-state index in [0.717, 1.165) is 12.1 Å². The Balaban J connectivity index is 1.94. The zero-order valence-electron chi connectivity index (χ0n) is 14.3. The first-order valence-electron chi connectivity index (χ1n) is 8.23. The van der Waals surface area contributed by atoms with Crippen LogP contribution in [0.2, 0.25) is 0 Å². The fourth-order valence-corrected chi connectivity index (χ4v) is 3.55. The molecular formula is C19H31NO. The third-order valence-electron chi connectivity index (χ3n) is 5.02. The van der Waals surface area contributed by atoms with Crippen LogP contribution in [0.15, 0.2) is 18.2 Å². The summed E-state index contributed by atoms with van der Waals surface area (Å²) in [6.45, 7) is 9.65. The van der Waals surface area contributed by atoms with Crippen LogP contribution in [0.5, 0.6) is 0 Å². The Morgan fingerprint density at radius 1 is 1.14 bits per heavy atom. The van der Waals surface area contributed by atoms with Gasteiger partial charge in [-0.3, -0.25) is 0 Å². The van der Waals surface area contributed by atoms with Gasteiger partial charge >= 0.3 is 0 Å². The van der Waals surface area contributed by atoms with E-state index in [1.54, 1.807) is 0 Å². The van der Waals surface area contributed by atoms with Crippen molar-refractivity contribution < 1.29 is 5.11 Å². The van der Waals surface area contributed by atoms with E-state index < -0.39 is 0 Å². The van der Waals surface area contributed by atoms with Crippen molar-refractivity contribution in [3.63, 3.8) is 0 Å². The van der Waals surface area contributed by atoms with Gasteiger partial charge in [-0.15, -0.1) is 0 Å². The largest absolute Gasteiger partial charge is 0.387 e. The van der Waals surface area contributed by atoms with E-state index in [0.29, 0.717) is 11.5 Å². The first-order valence-corrected chi connectivity index (χ1v) is 8.23. The second-order valence-corrected chi connectivity index (χ2v) is 7.77. The minimum atomic E-state index is -0.386. The van der Waals surface area contributed by atoms with Crippen LogP contribution < -0.4 is 0 Å². The molecule has 1 aromatic rings. The molecule has 2 nitrogen and oxygen atoms in total. The van der Waals surface area contributed by atoms with Crippen LogP contribution in [0.1, 0.15) is 62.3 Å². The van der Waals surface area contributed by atoms with Crippen LogP contribution in [0, 0.1) is 19.3 Å². The summed E-state index contributed by atoms with van der Waals surface area (Å²) in [4.78, 5) is 2.36. The van der Waals surface area contributed by atoms with E-state index in [9.17, 15) is 5.11 Å². The van der Waals surface area contributed by atoms with Crippen molar-refractivity contribution in [2.45, 2.75) is 65.5 Å². The molecule has 1 aliphatic rings. The van der Waals surface area contributed by atoms with Gasteiger partial charge in [0, 0.05) is 12.6 Å². The standard InChI is InChI=1S/C19H31NO/c1-14-10-15(2)12-16(11-14)18(21)13-20(5)17-6-8-19(3,4)9-7-17/h10-12,17-18,21H,6-9,13H2,1-5H3. The van der Waals surface area contributed by atoms with Gasteiger partial charge in [0.2, 0.25) is 0 Å². The number of rotatable bonds is 4. The van der Waals surface area contributed by atoms with Gasteiger partial charge in [-0.2, -0.15) is 0 Å². The van der Waals surface area contributed by atoms with Crippen LogP contribution >= 0.6 is 0 Å². The van der Waals surface area contributed by atoms with Crippen LogP contribution in [-0.4, -0.2) is 29.6 Å². The normalized spacial score (nSPS) is 20.7. The molecular weight excluding hydrogens is 258 g/mol. The average Bonchev–Trinajstić information content (AvgIpc) is 2.37. The van der Waals surface area contributed by atoms with Crippen molar-refractivity contribution in [1.82, 2.24) is 4.90 Å². The predicted octanol–water partition coefficient (Wildman–Crippen LogP) is 4.24. The lowest BCUT2D eigenvalue weighted by Crippen LogP contribution is -2.39. The zero-order valence-corrected chi connectivity index (χ0v) is 14.3. The number of hydrogen-bond acceptors (Lipinski definition) is 2. The number of aliphatic hydroxyl groups excluding tert-OH is 1. The van der Waals surface area contributed by atoms with Crippen molar-refractivity contribution >= 4 is 0 Å². The summed E-state index contributed by atoms with van der Waals surface area (Å²) in [6, 6.07) is 6.99. The molecule has 0 amide bonds. The molecule has 0 bridgehead atoms. The highest BCUT2D eigenvalue weighted by atomic mass is 16.3. The molecule has 21 heavy (non-hydrogen) atoms. The van der Waals surface area contributed by atoms with Crippen LogP contribution in [0.25, 0.3) is 0 Å². The molecule has 0 saturated heterocycles. The summed E-state index contributed by atoms with van der Waals surface area (Å²) in [7, 11) is 2.16. The van der Waals surface area contributed by atoms with Crippen molar-refractivity contribution in [3.05, 3.63) is 34.9 Å². The zero-order chi connectivity index (χ0) is 15.6. The fourth-order valence-electron chi connectivity index (χ4n) is 3.55. The van der Waals surface area contributed by atoms with Gasteiger partial charge in [-0.25, -0.2) is 0 Å². The highest BCUT2D eigenvalue weighted by Crippen LogP contribution is 2.36. The summed E-state index contributed by atoms with van der Waals surface area (Å²) in [5.74, 6) is 0. The molecule has 0 radical (unpaired) electrons. The smallest absolute Gasteiger partial charge is 0.0917 e. The number of aryl methyl sites for hydroxylation is 2. The van der Waals surface area contributed by atoms with Crippen molar-refractivity contribution in [2.75, 3.05) is 13.6 Å². The average molecular weight is 289 g/mol. The minimum absolute atomic E-state index is 0.386. The number of benzene rings is 1. The van der Waals surface area contributed by atoms with E-state index in [2.05, 4.69) is 57.8 Å². The number of likely N-dealkylation sites (N-methyl/N-ethyl adjacent to an activating group) is 1. The predicted molar refractivity (Wildman–Crippen MR) is 89.5 cm³/mol. The van der Waals surface area contributed by atoms with Gasteiger partial charge in [0.1, 0.15) is 0 Å². The molecule has 0 spiro atoms. The second-order valence-electron chi connectivity index (χ2n) is 7.77. The van der Waals surface area contributed by atoms with Gasteiger partial charge in [0.25, 0.3) is 0 Å². The maximum atomic E-state index is 10.5. The van der Waals surface area contributed by atoms with Gasteiger partial charge < -0.3 is 10.0 Å². The molecule has 118 valence electrons. The summed E-state index contributed by atoms with van der Waals surface area (Å²) < 4.78 is 0. The Morgan fingerprint density at radius 3 is 2.19 bits per heavy atom. The first kappa shape index (κ1) is 16.5. The minimum Gasteiger partial charge on any atom is -0.387 e. The Labute approximate surface area is 130 Å². The lowest BCUT2D eigenvalue weighted by Gasteiger charge is -2.39. The van der Waals surface area contributed by atoms with Crippen LogP contribution in [-0.2, 0) is 0 Å². The molecule has 2 heteroatoms. The van der Waals surface area contributed by atoms with E-state index in [1.165, 1.54) is 36.8 Å². The molecule has 2 rings (SSSR count). The molecule has 0 aromatic heterocycles. The van der Waals surface area contributed by atoms with Crippen LogP contribution in [0.3, 0.4) is 0 Å². The van der Waals surface area contributed by atoms with Gasteiger partial charge in [-0.05, 0) is 57.6 Å². The summed E-state index contributed by atoms with van der Waals surface area (Å²) >= 11 is 0. The highest BCUT2D eigenvalue weighted by molar-refractivity contribution is 5.30. The highest BCUT2D eigenvalue weighted by Gasteiger charge is 2.29. The maximum Gasteiger partial charge on any atom is 0.0917 e. The molecule has 1 aliphatic carbocycles. The number of hydrogen-bond donors (Lipinski definition) is 1. The molecule has 0 heterocycles. The van der Waals surface area contributed by atoms with Crippen molar-refractivity contribution in [2.24, 2.45) is 5.41 Å². The van der Waals surface area contributed by atoms with Crippen LogP contribution in [0.4, 0.5) is 0 Å². The summed E-state index contributed by atoms with van der Waals surface area (Å²) in [5.41, 5.74) is 4.01. The van der Waals surface area contributed by atoms with Crippen molar-refractivity contribution in [1.29, 1.82) is 0 Å². The Morgan fingerprint density at radius 2 is 1.67 bits per heavy atom. The van der Waals surface area contributed by atoms with Crippen molar-refractivity contribution in [3.8, 4) is 0 Å². The second kappa shape index (κ2) is 6.50. The third kappa shape index (κ3) is 4.55. The molecule has 1 saturated carbocycles. The number of aliphatic hydroxyl groups is 1. The molecule has 1 aromatic carbocycles. The van der Waals surface area contributed by atoms with E-state index in [4.69, 9.17) is 0 Å². The Kier molecular flexibility index (Phi) is 5.11. The lowest BCUT2D eigenvalue weighted by molar-refractivity contribution is 0.0722. The maximum absolute atomic E-state index is 10.5. The Bertz CT molecular complexity index is 450. The lowest BCUT2D eigenvalue weighted by atomic mass is 9.75. The molecule has 1 fully saturated rings. The summed E-state index contributed by atoms with van der Waals surface area (Å²) in [5, 5.41) is 10.5.